The maximum absolute atomic E-state index is 4.52. The van der Waals surface area contributed by atoms with E-state index in [1.807, 2.05) is 13.2 Å². The lowest BCUT2D eigenvalue weighted by molar-refractivity contribution is 0.716. The molecule has 17 heavy (non-hydrogen) atoms. The molecule has 0 radical (unpaired) electrons. The van der Waals surface area contributed by atoms with Crippen LogP contribution in [0.5, 0.6) is 0 Å². The van der Waals surface area contributed by atoms with Crippen LogP contribution in [0, 0.1) is 0 Å². The molecule has 0 amide bonds. The van der Waals surface area contributed by atoms with Crippen LogP contribution in [0.1, 0.15) is 50.8 Å². The Morgan fingerprint density at radius 3 is 2.65 bits per heavy atom. The number of aryl methyl sites for hydroxylation is 1. The maximum atomic E-state index is 4.52. The van der Waals surface area contributed by atoms with Gasteiger partial charge in [-0.15, -0.1) is 0 Å². The zero-order valence-electron chi connectivity index (χ0n) is 11.3. The maximum Gasteiger partial charge on any atom is 0.0857 e. The highest BCUT2D eigenvalue weighted by Crippen LogP contribution is 2.11. The number of rotatable bonds is 7. The molecular formula is C15H24N2. The van der Waals surface area contributed by atoms with Crippen LogP contribution >= 0.6 is 0 Å². The molecule has 0 saturated carbocycles. The second kappa shape index (κ2) is 7.88. The van der Waals surface area contributed by atoms with Crippen molar-refractivity contribution in [2.24, 2.45) is 0 Å². The number of hydrogen-bond acceptors (Lipinski definition) is 2. The first-order valence-electron chi connectivity index (χ1n) is 6.65. The Labute approximate surface area is 105 Å². The van der Waals surface area contributed by atoms with Crippen molar-refractivity contribution < 1.29 is 0 Å². The third-order valence-corrected chi connectivity index (χ3v) is 2.85. The molecule has 1 aromatic heterocycles. The van der Waals surface area contributed by atoms with Gasteiger partial charge in [-0.3, -0.25) is 4.98 Å². The third-order valence-electron chi connectivity index (χ3n) is 2.85. The highest BCUT2D eigenvalue weighted by Gasteiger charge is 2.00. The Morgan fingerprint density at radius 2 is 2.12 bits per heavy atom. The Morgan fingerprint density at radius 1 is 1.29 bits per heavy atom. The lowest BCUT2D eigenvalue weighted by Gasteiger charge is -2.07. The standard InChI is InChI=1S/C15H24N2/c1-4-6-7-9-13-10-11-15(17-12-13)14(16-3)8-5-2/h8,10-12,16H,4-7,9H2,1-3H3. The van der Waals surface area contributed by atoms with E-state index in [4.69, 9.17) is 0 Å². The quantitative estimate of drug-likeness (QED) is 0.724. The van der Waals surface area contributed by atoms with Gasteiger partial charge in [-0.05, 0) is 30.9 Å². The molecule has 0 unspecified atom stereocenters. The summed E-state index contributed by atoms with van der Waals surface area (Å²) in [6, 6.07) is 4.30. The zero-order chi connectivity index (χ0) is 12.5. The summed E-state index contributed by atoms with van der Waals surface area (Å²) in [4.78, 5) is 4.52. The first-order chi connectivity index (χ1) is 8.31. The molecule has 1 aromatic rings. The van der Waals surface area contributed by atoms with Crippen molar-refractivity contribution in [2.75, 3.05) is 7.05 Å². The van der Waals surface area contributed by atoms with Gasteiger partial charge in [0.15, 0.2) is 0 Å². The van der Waals surface area contributed by atoms with Crippen molar-refractivity contribution >= 4 is 5.70 Å². The van der Waals surface area contributed by atoms with E-state index < -0.39 is 0 Å². The van der Waals surface area contributed by atoms with E-state index in [9.17, 15) is 0 Å². The highest BCUT2D eigenvalue weighted by atomic mass is 14.9. The summed E-state index contributed by atoms with van der Waals surface area (Å²) in [7, 11) is 1.94. The summed E-state index contributed by atoms with van der Waals surface area (Å²) < 4.78 is 0. The summed E-state index contributed by atoms with van der Waals surface area (Å²) in [5.41, 5.74) is 3.50. The molecule has 2 heteroatoms. The van der Waals surface area contributed by atoms with Gasteiger partial charge in [0.05, 0.1) is 11.4 Å². The second-order valence-corrected chi connectivity index (χ2v) is 4.28. The van der Waals surface area contributed by atoms with E-state index in [0.29, 0.717) is 0 Å². The van der Waals surface area contributed by atoms with E-state index in [1.165, 1.54) is 24.8 Å². The molecule has 0 aliphatic rings. The summed E-state index contributed by atoms with van der Waals surface area (Å²) >= 11 is 0. The van der Waals surface area contributed by atoms with Crippen molar-refractivity contribution in [2.45, 2.75) is 46.0 Å². The molecule has 0 bridgehead atoms. The fraction of sp³-hybridized carbons (Fsp3) is 0.533. The smallest absolute Gasteiger partial charge is 0.0857 e. The normalized spacial score (nSPS) is 11.6. The summed E-state index contributed by atoms with van der Waals surface area (Å²) in [5.74, 6) is 0. The Bertz CT molecular complexity index is 338. The van der Waals surface area contributed by atoms with Crippen molar-refractivity contribution in [3.8, 4) is 0 Å². The van der Waals surface area contributed by atoms with Gasteiger partial charge in [0.2, 0.25) is 0 Å². The van der Waals surface area contributed by atoms with Gasteiger partial charge in [-0.1, -0.05) is 38.8 Å². The van der Waals surface area contributed by atoms with Gasteiger partial charge in [0.1, 0.15) is 0 Å². The van der Waals surface area contributed by atoms with Gasteiger partial charge in [-0.2, -0.15) is 0 Å². The van der Waals surface area contributed by atoms with Gasteiger partial charge >= 0.3 is 0 Å². The number of unbranched alkanes of at least 4 members (excludes halogenated alkanes) is 2. The van der Waals surface area contributed by atoms with Crippen LogP contribution < -0.4 is 5.32 Å². The SMILES string of the molecule is CCC=C(NC)c1ccc(CCCCC)cn1. The minimum atomic E-state index is 1.02. The molecule has 0 aliphatic carbocycles. The molecule has 1 heterocycles. The Hall–Kier alpha value is -1.31. The van der Waals surface area contributed by atoms with E-state index in [0.717, 1.165) is 24.2 Å². The largest absolute Gasteiger partial charge is 0.387 e. The topological polar surface area (TPSA) is 24.9 Å². The summed E-state index contributed by atoms with van der Waals surface area (Å²) in [5, 5.41) is 3.19. The molecule has 1 N–H and O–H groups in total. The van der Waals surface area contributed by atoms with Crippen LogP contribution in [-0.2, 0) is 6.42 Å². The number of hydrogen-bond donors (Lipinski definition) is 1. The molecular weight excluding hydrogens is 208 g/mol. The molecule has 2 nitrogen and oxygen atoms in total. The van der Waals surface area contributed by atoms with Crippen LogP contribution in [0.2, 0.25) is 0 Å². The number of aromatic nitrogens is 1. The molecule has 0 aromatic carbocycles. The van der Waals surface area contributed by atoms with Crippen molar-refractivity contribution in [3.63, 3.8) is 0 Å². The minimum absolute atomic E-state index is 1.02. The molecule has 0 aliphatic heterocycles. The van der Waals surface area contributed by atoms with Crippen molar-refractivity contribution in [3.05, 3.63) is 35.7 Å². The average Bonchev–Trinajstić information content (AvgIpc) is 2.37. The monoisotopic (exact) mass is 232 g/mol. The van der Waals surface area contributed by atoms with Crippen molar-refractivity contribution in [1.29, 1.82) is 0 Å². The fourth-order valence-corrected chi connectivity index (χ4v) is 1.85. The van der Waals surface area contributed by atoms with Crippen molar-refractivity contribution in [1.82, 2.24) is 10.3 Å². The average molecular weight is 232 g/mol. The molecule has 94 valence electrons. The minimum Gasteiger partial charge on any atom is -0.387 e. The number of nitrogens with one attached hydrogen (secondary N) is 1. The first-order valence-corrected chi connectivity index (χ1v) is 6.65. The molecule has 0 fully saturated rings. The van der Waals surface area contributed by atoms with Crippen LogP contribution in [0.4, 0.5) is 0 Å². The Kier molecular flexibility index (Phi) is 6.38. The number of nitrogens with zero attached hydrogens (tertiary/aromatic N) is 1. The fourth-order valence-electron chi connectivity index (χ4n) is 1.85. The summed E-state index contributed by atoms with van der Waals surface area (Å²) in [6.45, 7) is 4.37. The van der Waals surface area contributed by atoms with E-state index in [2.05, 4.69) is 42.4 Å². The van der Waals surface area contributed by atoms with Gasteiger partial charge in [0, 0.05) is 13.2 Å². The van der Waals surface area contributed by atoms with E-state index in [1.54, 1.807) is 0 Å². The predicted molar refractivity (Wildman–Crippen MR) is 74.8 cm³/mol. The first kappa shape index (κ1) is 13.8. The van der Waals surface area contributed by atoms with Crippen LogP contribution in [0.15, 0.2) is 24.4 Å². The van der Waals surface area contributed by atoms with Crippen LogP contribution in [-0.4, -0.2) is 12.0 Å². The summed E-state index contributed by atoms with van der Waals surface area (Å²) in [6.07, 6.45) is 10.2. The second-order valence-electron chi connectivity index (χ2n) is 4.28. The van der Waals surface area contributed by atoms with Gasteiger partial charge < -0.3 is 5.32 Å². The lowest BCUT2D eigenvalue weighted by atomic mass is 10.1. The number of pyridine rings is 1. The van der Waals surface area contributed by atoms with Crippen LogP contribution in [0.25, 0.3) is 5.70 Å². The van der Waals surface area contributed by atoms with Gasteiger partial charge in [-0.25, -0.2) is 0 Å². The van der Waals surface area contributed by atoms with Crippen LogP contribution in [0.3, 0.4) is 0 Å². The lowest BCUT2D eigenvalue weighted by Crippen LogP contribution is -2.06. The number of allylic oxidation sites excluding steroid dienone is 1. The predicted octanol–water partition coefficient (Wildman–Crippen LogP) is 3.78. The molecule has 1 rings (SSSR count). The molecule has 0 atom stereocenters. The zero-order valence-corrected chi connectivity index (χ0v) is 11.3. The van der Waals surface area contributed by atoms with Gasteiger partial charge in [0.25, 0.3) is 0 Å². The molecule has 0 spiro atoms. The Balaban J connectivity index is 2.63. The highest BCUT2D eigenvalue weighted by molar-refractivity contribution is 5.60. The third kappa shape index (κ3) is 4.59. The molecule has 0 saturated heterocycles. The van der Waals surface area contributed by atoms with E-state index in [-0.39, 0.29) is 0 Å². The van der Waals surface area contributed by atoms with E-state index >= 15 is 0 Å².